The smallest absolute Gasteiger partial charge is 0.0138 e. The first kappa shape index (κ1) is 13.6. The van der Waals surface area contributed by atoms with Crippen LogP contribution in [0.1, 0.15) is 65.7 Å². The lowest BCUT2D eigenvalue weighted by Gasteiger charge is -2.44. The van der Waals surface area contributed by atoms with E-state index in [-0.39, 0.29) is 0 Å². The third kappa shape index (κ3) is 2.37. The fraction of sp³-hybridized carbons (Fsp3) is 0.875. The van der Waals surface area contributed by atoms with Gasteiger partial charge in [0.15, 0.2) is 0 Å². The molecule has 0 aromatic carbocycles. The molecule has 0 N–H and O–H groups in total. The minimum absolute atomic E-state index is 0.604. The van der Waals surface area contributed by atoms with E-state index in [1.54, 1.807) is 5.57 Å². The summed E-state index contributed by atoms with van der Waals surface area (Å²) in [5.41, 5.74) is 2.30. The van der Waals surface area contributed by atoms with Gasteiger partial charge in [0.1, 0.15) is 0 Å². The fourth-order valence-electron chi connectivity index (χ4n) is 4.80. The van der Waals surface area contributed by atoms with Crippen molar-refractivity contribution in [3.05, 3.63) is 10.6 Å². The van der Waals surface area contributed by atoms with Gasteiger partial charge in [0.25, 0.3) is 0 Å². The minimum Gasteiger partial charge on any atom is -0.0654 e. The first-order chi connectivity index (χ1) is 8.13. The second-order valence-corrected chi connectivity index (χ2v) is 7.00. The first-order valence-electron chi connectivity index (χ1n) is 7.42. The van der Waals surface area contributed by atoms with Crippen LogP contribution in [0, 0.1) is 23.2 Å². The lowest BCUT2D eigenvalue weighted by Crippen LogP contribution is -2.35. The van der Waals surface area contributed by atoms with E-state index in [1.165, 1.54) is 44.9 Å². The molecule has 0 bridgehead atoms. The van der Waals surface area contributed by atoms with E-state index >= 15 is 0 Å². The highest BCUT2D eigenvalue weighted by Crippen LogP contribution is 2.59. The van der Waals surface area contributed by atoms with Gasteiger partial charge < -0.3 is 0 Å². The Bertz CT molecular complexity index is 294. The molecular formula is C16H27Br. The van der Waals surface area contributed by atoms with Gasteiger partial charge in [-0.2, -0.15) is 0 Å². The van der Waals surface area contributed by atoms with Crippen LogP contribution in [0.5, 0.6) is 0 Å². The third-order valence-corrected chi connectivity index (χ3v) is 6.20. The van der Waals surface area contributed by atoms with E-state index in [1.807, 2.05) is 0 Å². The van der Waals surface area contributed by atoms with Crippen LogP contribution in [0.3, 0.4) is 0 Å². The van der Waals surface area contributed by atoms with Crippen molar-refractivity contribution in [2.24, 2.45) is 23.2 Å². The maximum atomic E-state index is 3.60. The highest BCUT2D eigenvalue weighted by molar-refractivity contribution is 9.11. The molecule has 0 spiro atoms. The van der Waals surface area contributed by atoms with Gasteiger partial charge in [-0.1, -0.05) is 55.1 Å². The van der Waals surface area contributed by atoms with Gasteiger partial charge >= 0.3 is 0 Å². The number of fused-ring (bicyclic) bond motifs is 1. The summed E-state index contributed by atoms with van der Waals surface area (Å²) >= 11 is 3.60. The molecule has 2 aliphatic carbocycles. The number of allylic oxidation sites excluding steroid dienone is 1. The maximum Gasteiger partial charge on any atom is -0.0138 e. The summed E-state index contributed by atoms with van der Waals surface area (Å²) < 4.78 is 0. The second kappa shape index (κ2) is 5.47. The summed E-state index contributed by atoms with van der Waals surface area (Å²) in [5, 5.41) is 0. The van der Waals surface area contributed by atoms with Crippen molar-refractivity contribution in [2.45, 2.75) is 65.7 Å². The average molecular weight is 299 g/mol. The zero-order chi connectivity index (χ0) is 12.5. The number of rotatable bonds is 3. The van der Waals surface area contributed by atoms with E-state index in [0.717, 1.165) is 17.8 Å². The molecular weight excluding hydrogens is 272 g/mol. The molecule has 0 nitrogen and oxygen atoms in total. The summed E-state index contributed by atoms with van der Waals surface area (Å²) in [5.74, 6) is 2.76. The Labute approximate surface area is 115 Å². The van der Waals surface area contributed by atoms with Crippen LogP contribution >= 0.6 is 15.9 Å². The van der Waals surface area contributed by atoms with Gasteiger partial charge in [-0.05, 0) is 60.3 Å². The molecule has 0 aromatic rings. The Morgan fingerprint density at radius 2 is 2.24 bits per heavy atom. The van der Waals surface area contributed by atoms with Crippen molar-refractivity contribution >= 4 is 15.9 Å². The van der Waals surface area contributed by atoms with Crippen LogP contribution in [-0.4, -0.2) is 0 Å². The van der Waals surface area contributed by atoms with Crippen LogP contribution in [-0.2, 0) is 0 Å². The highest BCUT2D eigenvalue weighted by Gasteiger charge is 2.50. The fourth-order valence-corrected chi connectivity index (χ4v) is 5.35. The normalized spacial score (nSPS) is 41.5. The molecule has 2 saturated carbocycles. The molecule has 0 aliphatic heterocycles. The van der Waals surface area contributed by atoms with Crippen molar-refractivity contribution in [1.29, 1.82) is 0 Å². The number of hydrogen-bond acceptors (Lipinski definition) is 0. The summed E-state index contributed by atoms with van der Waals surface area (Å²) in [6, 6.07) is 0. The van der Waals surface area contributed by atoms with E-state index < -0.39 is 0 Å². The molecule has 0 aromatic heterocycles. The molecule has 0 amide bonds. The van der Waals surface area contributed by atoms with Crippen molar-refractivity contribution in [3.8, 4) is 0 Å². The number of halogens is 1. The van der Waals surface area contributed by atoms with Gasteiger partial charge in [-0.25, -0.2) is 0 Å². The molecule has 0 heterocycles. The largest absolute Gasteiger partial charge is 0.0654 e. The Hall–Kier alpha value is 0.220. The van der Waals surface area contributed by atoms with Gasteiger partial charge in [0.2, 0.25) is 0 Å². The van der Waals surface area contributed by atoms with Crippen LogP contribution < -0.4 is 0 Å². The molecule has 0 saturated heterocycles. The molecule has 98 valence electrons. The second-order valence-electron chi connectivity index (χ2n) is 6.55. The van der Waals surface area contributed by atoms with E-state index in [0.29, 0.717) is 5.41 Å². The first-order valence-corrected chi connectivity index (χ1v) is 8.34. The molecule has 2 aliphatic rings. The Balaban J connectivity index is 2.18. The topological polar surface area (TPSA) is 0 Å². The molecule has 2 rings (SSSR count). The zero-order valence-corrected chi connectivity index (χ0v) is 13.2. The predicted octanol–water partition coefficient (Wildman–Crippen LogP) is 5.92. The van der Waals surface area contributed by atoms with Crippen molar-refractivity contribution in [2.75, 3.05) is 0 Å². The van der Waals surface area contributed by atoms with Crippen molar-refractivity contribution in [1.82, 2.24) is 0 Å². The van der Waals surface area contributed by atoms with E-state index in [4.69, 9.17) is 0 Å². The molecule has 1 unspecified atom stereocenters. The van der Waals surface area contributed by atoms with Gasteiger partial charge in [-0.3, -0.25) is 0 Å². The monoisotopic (exact) mass is 298 g/mol. The van der Waals surface area contributed by atoms with Gasteiger partial charge in [0, 0.05) is 0 Å². The maximum absolute atomic E-state index is 3.60. The quantitative estimate of drug-likeness (QED) is 0.607. The highest BCUT2D eigenvalue weighted by atomic mass is 79.9. The van der Waals surface area contributed by atoms with Crippen molar-refractivity contribution in [3.63, 3.8) is 0 Å². The van der Waals surface area contributed by atoms with Gasteiger partial charge in [-0.15, -0.1) is 0 Å². The van der Waals surface area contributed by atoms with E-state index in [2.05, 4.69) is 41.7 Å². The molecule has 0 radical (unpaired) electrons. The molecule has 2 fully saturated rings. The SMILES string of the molecule is CCC[C@@H](C)[C@H]1CCC2/C(=C/Br)CCC[C@@]21C. The van der Waals surface area contributed by atoms with Crippen LogP contribution in [0.15, 0.2) is 10.6 Å². The van der Waals surface area contributed by atoms with E-state index in [9.17, 15) is 0 Å². The third-order valence-electron chi connectivity index (χ3n) is 5.61. The molecule has 4 atom stereocenters. The summed E-state index contributed by atoms with van der Waals surface area (Å²) in [6.45, 7) is 7.40. The summed E-state index contributed by atoms with van der Waals surface area (Å²) in [4.78, 5) is 2.24. The predicted molar refractivity (Wildman–Crippen MR) is 79.3 cm³/mol. The Kier molecular flexibility index (Phi) is 4.39. The van der Waals surface area contributed by atoms with Crippen molar-refractivity contribution < 1.29 is 0 Å². The van der Waals surface area contributed by atoms with Crippen LogP contribution in [0.25, 0.3) is 0 Å². The Morgan fingerprint density at radius 3 is 2.88 bits per heavy atom. The average Bonchev–Trinajstić information content (AvgIpc) is 2.66. The molecule has 1 heteroatoms. The standard InChI is InChI=1S/C16H27Br/c1-4-6-12(2)14-8-9-15-13(11-17)7-5-10-16(14,15)3/h11-12,14-15H,4-10H2,1-3H3/b13-11+/t12-,14-,15?,16-/m1/s1. The lowest BCUT2D eigenvalue weighted by molar-refractivity contribution is 0.0942. The van der Waals surface area contributed by atoms with Crippen LogP contribution in [0.2, 0.25) is 0 Å². The Morgan fingerprint density at radius 1 is 1.47 bits per heavy atom. The minimum atomic E-state index is 0.604. The number of hydrogen-bond donors (Lipinski definition) is 0. The van der Waals surface area contributed by atoms with Gasteiger partial charge in [0.05, 0.1) is 0 Å². The zero-order valence-electron chi connectivity index (χ0n) is 11.6. The summed E-state index contributed by atoms with van der Waals surface area (Å²) in [7, 11) is 0. The summed E-state index contributed by atoms with van der Waals surface area (Å²) in [6.07, 6.45) is 9.86. The molecule has 17 heavy (non-hydrogen) atoms. The lowest BCUT2D eigenvalue weighted by atomic mass is 9.61. The van der Waals surface area contributed by atoms with Crippen LogP contribution in [0.4, 0.5) is 0 Å².